The van der Waals surface area contributed by atoms with E-state index in [0.29, 0.717) is 23.0 Å². The van der Waals surface area contributed by atoms with E-state index in [0.717, 1.165) is 24.9 Å². The number of rotatable bonds is 8. The molecule has 0 spiro atoms. The van der Waals surface area contributed by atoms with Gasteiger partial charge in [0.15, 0.2) is 0 Å². The largest absolute Gasteiger partial charge is 0.356 e. The first kappa shape index (κ1) is 17.3. The van der Waals surface area contributed by atoms with E-state index in [4.69, 9.17) is 23.2 Å². The van der Waals surface area contributed by atoms with Crippen molar-refractivity contribution < 1.29 is 4.79 Å². The molecule has 5 heteroatoms. The minimum Gasteiger partial charge on any atom is -0.356 e. The van der Waals surface area contributed by atoms with Gasteiger partial charge in [-0.2, -0.15) is 0 Å². The predicted molar refractivity (Wildman–Crippen MR) is 85.4 cm³/mol. The lowest BCUT2D eigenvalue weighted by Gasteiger charge is -2.18. The zero-order valence-corrected chi connectivity index (χ0v) is 13.5. The van der Waals surface area contributed by atoms with E-state index in [2.05, 4.69) is 17.6 Å². The average molecular weight is 317 g/mol. The Bertz CT molecular complexity index is 438. The van der Waals surface area contributed by atoms with Crippen LogP contribution in [0.4, 0.5) is 0 Å². The molecule has 0 saturated heterocycles. The van der Waals surface area contributed by atoms with Gasteiger partial charge in [0.2, 0.25) is 5.91 Å². The molecular weight excluding hydrogens is 295 g/mol. The monoisotopic (exact) mass is 316 g/mol. The second kappa shape index (κ2) is 9.22. The second-order valence-corrected chi connectivity index (χ2v) is 5.52. The predicted octanol–water partition coefficient (Wildman–Crippen LogP) is 3.95. The molecule has 0 aliphatic heterocycles. The SMILES string of the molecule is CCCNC(=O)CCNC(CC)c1ccc(Cl)cc1Cl. The number of nitrogens with one attached hydrogen (secondary N) is 2. The summed E-state index contributed by atoms with van der Waals surface area (Å²) in [6.45, 7) is 5.49. The van der Waals surface area contributed by atoms with E-state index in [9.17, 15) is 4.79 Å². The van der Waals surface area contributed by atoms with Crippen LogP contribution in [0.3, 0.4) is 0 Å². The number of benzene rings is 1. The molecule has 0 aliphatic carbocycles. The van der Waals surface area contributed by atoms with Gasteiger partial charge in [0.1, 0.15) is 0 Å². The molecule has 3 nitrogen and oxygen atoms in total. The first-order valence-electron chi connectivity index (χ1n) is 7.03. The molecule has 0 aliphatic rings. The lowest BCUT2D eigenvalue weighted by molar-refractivity contribution is -0.121. The molecule has 20 heavy (non-hydrogen) atoms. The molecule has 0 fully saturated rings. The minimum absolute atomic E-state index is 0.0800. The third-order valence-corrected chi connectivity index (χ3v) is 3.62. The van der Waals surface area contributed by atoms with Crippen molar-refractivity contribution in [2.45, 2.75) is 39.2 Å². The Morgan fingerprint density at radius 2 is 2.00 bits per heavy atom. The molecule has 0 saturated carbocycles. The van der Waals surface area contributed by atoms with Gasteiger partial charge in [-0.05, 0) is 30.5 Å². The highest BCUT2D eigenvalue weighted by molar-refractivity contribution is 6.35. The van der Waals surface area contributed by atoms with Gasteiger partial charge in [-0.3, -0.25) is 4.79 Å². The minimum atomic E-state index is 0.0800. The van der Waals surface area contributed by atoms with E-state index < -0.39 is 0 Å². The van der Waals surface area contributed by atoms with Gasteiger partial charge in [0, 0.05) is 35.6 Å². The molecule has 0 heterocycles. The third-order valence-electron chi connectivity index (χ3n) is 3.06. The Morgan fingerprint density at radius 3 is 2.60 bits per heavy atom. The molecule has 1 atom stereocenters. The van der Waals surface area contributed by atoms with E-state index in [1.54, 1.807) is 6.07 Å². The van der Waals surface area contributed by atoms with Gasteiger partial charge in [0.05, 0.1) is 0 Å². The number of hydrogen-bond donors (Lipinski definition) is 2. The summed E-state index contributed by atoms with van der Waals surface area (Å²) in [6.07, 6.45) is 2.33. The summed E-state index contributed by atoms with van der Waals surface area (Å²) in [6, 6.07) is 5.65. The number of halogens is 2. The van der Waals surface area contributed by atoms with Crippen LogP contribution in [0.5, 0.6) is 0 Å². The second-order valence-electron chi connectivity index (χ2n) is 4.68. The Kier molecular flexibility index (Phi) is 7.97. The Hall–Kier alpha value is -0.770. The molecule has 1 aromatic rings. The van der Waals surface area contributed by atoms with Crippen molar-refractivity contribution in [3.05, 3.63) is 33.8 Å². The van der Waals surface area contributed by atoms with Crippen LogP contribution in [0.25, 0.3) is 0 Å². The highest BCUT2D eigenvalue weighted by Crippen LogP contribution is 2.27. The Morgan fingerprint density at radius 1 is 1.25 bits per heavy atom. The van der Waals surface area contributed by atoms with E-state index in [1.807, 2.05) is 19.1 Å². The highest BCUT2D eigenvalue weighted by Gasteiger charge is 2.13. The lowest BCUT2D eigenvalue weighted by Crippen LogP contribution is -2.29. The van der Waals surface area contributed by atoms with Crippen LogP contribution in [0, 0.1) is 0 Å². The molecule has 1 amide bonds. The van der Waals surface area contributed by atoms with Crippen LogP contribution in [-0.2, 0) is 4.79 Å². The lowest BCUT2D eigenvalue weighted by atomic mass is 10.0. The van der Waals surface area contributed by atoms with Crippen molar-refractivity contribution in [2.24, 2.45) is 0 Å². The summed E-state index contributed by atoms with van der Waals surface area (Å²) < 4.78 is 0. The van der Waals surface area contributed by atoms with Crippen molar-refractivity contribution in [2.75, 3.05) is 13.1 Å². The molecule has 0 radical (unpaired) electrons. The van der Waals surface area contributed by atoms with E-state index in [1.165, 1.54) is 0 Å². The molecule has 1 aromatic carbocycles. The fraction of sp³-hybridized carbons (Fsp3) is 0.533. The molecule has 0 bridgehead atoms. The summed E-state index contributed by atoms with van der Waals surface area (Å²) in [5, 5.41) is 7.52. The maximum atomic E-state index is 11.5. The zero-order valence-electron chi connectivity index (χ0n) is 12.0. The van der Waals surface area contributed by atoms with Crippen molar-refractivity contribution in [3.63, 3.8) is 0 Å². The highest BCUT2D eigenvalue weighted by atomic mass is 35.5. The fourth-order valence-corrected chi connectivity index (χ4v) is 2.51. The number of carbonyl (C=O) groups is 1. The van der Waals surface area contributed by atoms with Gasteiger partial charge in [-0.25, -0.2) is 0 Å². The third kappa shape index (κ3) is 5.70. The zero-order chi connectivity index (χ0) is 15.0. The van der Waals surface area contributed by atoms with Crippen molar-refractivity contribution in [3.8, 4) is 0 Å². The van der Waals surface area contributed by atoms with Crippen molar-refractivity contribution in [1.82, 2.24) is 10.6 Å². The molecule has 1 rings (SSSR count). The quantitative estimate of drug-likeness (QED) is 0.762. The molecular formula is C15H22Cl2N2O. The van der Waals surface area contributed by atoms with Gasteiger partial charge in [-0.1, -0.05) is 43.1 Å². The Labute approximate surface area is 131 Å². The average Bonchev–Trinajstić information content (AvgIpc) is 2.42. The first-order valence-corrected chi connectivity index (χ1v) is 7.79. The normalized spacial score (nSPS) is 12.2. The number of hydrogen-bond acceptors (Lipinski definition) is 2. The van der Waals surface area contributed by atoms with Gasteiger partial charge < -0.3 is 10.6 Å². The van der Waals surface area contributed by atoms with Crippen LogP contribution in [-0.4, -0.2) is 19.0 Å². The molecule has 0 aromatic heterocycles. The standard InChI is InChI=1S/C15H22Cl2N2O/c1-3-8-19-15(20)7-9-18-14(4-2)12-6-5-11(16)10-13(12)17/h5-6,10,14,18H,3-4,7-9H2,1-2H3,(H,19,20). The van der Waals surface area contributed by atoms with E-state index >= 15 is 0 Å². The van der Waals surface area contributed by atoms with E-state index in [-0.39, 0.29) is 11.9 Å². The Balaban J connectivity index is 2.49. The van der Waals surface area contributed by atoms with Gasteiger partial charge in [-0.15, -0.1) is 0 Å². The first-order chi connectivity index (χ1) is 9.58. The summed E-state index contributed by atoms with van der Waals surface area (Å²) in [5.41, 5.74) is 1.02. The van der Waals surface area contributed by atoms with Gasteiger partial charge in [0.25, 0.3) is 0 Å². The van der Waals surface area contributed by atoms with Crippen LogP contribution in [0.1, 0.15) is 44.7 Å². The number of amides is 1. The summed E-state index contributed by atoms with van der Waals surface area (Å²) in [7, 11) is 0. The van der Waals surface area contributed by atoms with Crippen molar-refractivity contribution >= 4 is 29.1 Å². The van der Waals surface area contributed by atoms with Gasteiger partial charge >= 0.3 is 0 Å². The molecule has 1 unspecified atom stereocenters. The maximum absolute atomic E-state index is 11.5. The summed E-state index contributed by atoms with van der Waals surface area (Å²) >= 11 is 12.1. The summed E-state index contributed by atoms with van der Waals surface area (Å²) in [4.78, 5) is 11.5. The van der Waals surface area contributed by atoms with Crippen molar-refractivity contribution in [1.29, 1.82) is 0 Å². The summed E-state index contributed by atoms with van der Waals surface area (Å²) in [5.74, 6) is 0.0800. The molecule has 2 N–H and O–H groups in total. The van der Waals surface area contributed by atoms with Crippen LogP contribution < -0.4 is 10.6 Å². The maximum Gasteiger partial charge on any atom is 0.221 e. The topological polar surface area (TPSA) is 41.1 Å². The number of carbonyl (C=O) groups excluding carboxylic acids is 1. The van der Waals surface area contributed by atoms with Crippen LogP contribution in [0.2, 0.25) is 10.0 Å². The molecule has 112 valence electrons. The fourth-order valence-electron chi connectivity index (χ4n) is 1.97. The van der Waals surface area contributed by atoms with Crippen LogP contribution in [0.15, 0.2) is 18.2 Å². The smallest absolute Gasteiger partial charge is 0.221 e. The van der Waals surface area contributed by atoms with Crippen LogP contribution >= 0.6 is 23.2 Å².